The van der Waals surface area contributed by atoms with Crippen LogP contribution in [0.1, 0.15) is 31.1 Å². The van der Waals surface area contributed by atoms with Crippen molar-refractivity contribution in [3.63, 3.8) is 0 Å². The molecule has 0 aliphatic heterocycles. The number of sulfone groups is 1. The van der Waals surface area contributed by atoms with Crippen molar-refractivity contribution in [3.8, 4) is 17.0 Å². The monoisotopic (exact) mass is 497 g/mol. The van der Waals surface area contributed by atoms with Crippen molar-refractivity contribution in [2.45, 2.75) is 41.4 Å². The lowest BCUT2D eigenvalue weighted by molar-refractivity contribution is 0.368. The lowest BCUT2D eigenvalue weighted by Crippen LogP contribution is -2.10. The van der Waals surface area contributed by atoms with Crippen molar-refractivity contribution in [2.24, 2.45) is 0 Å². The highest BCUT2D eigenvalue weighted by Crippen LogP contribution is 2.37. The molecular formula is C25H23NO6S2. The first kappa shape index (κ1) is 23.7. The Morgan fingerprint density at radius 3 is 1.97 bits per heavy atom. The summed E-state index contributed by atoms with van der Waals surface area (Å²) in [6, 6.07) is 20.4. The molecule has 7 nitrogen and oxygen atoms in total. The van der Waals surface area contributed by atoms with E-state index in [1.54, 1.807) is 36.4 Å². The third-order valence-corrected chi connectivity index (χ3v) is 8.25. The number of nitrogens with zero attached hydrogens (tertiary/aromatic N) is 1. The summed E-state index contributed by atoms with van der Waals surface area (Å²) >= 11 is 0. The average Bonchev–Trinajstić information content (AvgIpc) is 3.27. The summed E-state index contributed by atoms with van der Waals surface area (Å²) in [4.78, 5) is -0.0298. The van der Waals surface area contributed by atoms with Crippen molar-refractivity contribution in [2.75, 3.05) is 0 Å². The lowest BCUT2D eigenvalue weighted by Gasteiger charge is -2.10. The first-order valence-electron chi connectivity index (χ1n) is 10.5. The zero-order valence-electron chi connectivity index (χ0n) is 18.8. The molecule has 4 aromatic rings. The SMILES string of the molecule is Cc1ccc(S(=O)(=O)Oc2ccc(S(=O)(=O)c3c(-c4ccccc4)noc3C(C)C)cc2)cc1. The maximum Gasteiger partial charge on any atom is 0.339 e. The van der Waals surface area contributed by atoms with Gasteiger partial charge in [0.25, 0.3) is 0 Å². The minimum absolute atomic E-state index is 0.00258. The van der Waals surface area contributed by atoms with Gasteiger partial charge in [-0.3, -0.25) is 0 Å². The van der Waals surface area contributed by atoms with Crippen LogP contribution in [0.4, 0.5) is 0 Å². The summed E-state index contributed by atoms with van der Waals surface area (Å²) < 4.78 is 62.9. The van der Waals surface area contributed by atoms with Gasteiger partial charge in [-0.2, -0.15) is 8.42 Å². The number of aromatic nitrogens is 1. The highest BCUT2D eigenvalue weighted by atomic mass is 32.2. The zero-order chi connectivity index (χ0) is 24.5. The molecule has 176 valence electrons. The van der Waals surface area contributed by atoms with Crippen LogP contribution in [-0.2, 0) is 20.0 Å². The fraction of sp³-hybridized carbons (Fsp3) is 0.160. The Labute approximate surface area is 199 Å². The van der Waals surface area contributed by atoms with Crippen LogP contribution in [0.25, 0.3) is 11.3 Å². The Morgan fingerprint density at radius 2 is 1.38 bits per heavy atom. The fourth-order valence-electron chi connectivity index (χ4n) is 3.37. The molecule has 0 spiro atoms. The van der Waals surface area contributed by atoms with Gasteiger partial charge in [-0.05, 0) is 43.3 Å². The van der Waals surface area contributed by atoms with Gasteiger partial charge in [-0.1, -0.05) is 67.0 Å². The van der Waals surface area contributed by atoms with Gasteiger partial charge < -0.3 is 8.71 Å². The standard InChI is InChI=1S/C25H23NO6S2/c1-17(2)24-25(23(26-31-24)19-7-5-4-6-8-19)33(27,28)21-15-11-20(12-16-21)32-34(29,30)22-13-9-18(3)10-14-22/h4-17H,1-3H3. The van der Waals surface area contributed by atoms with Gasteiger partial charge in [0.2, 0.25) is 9.84 Å². The van der Waals surface area contributed by atoms with Gasteiger partial charge in [-0.15, -0.1) is 0 Å². The third kappa shape index (κ3) is 4.62. The van der Waals surface area contributed by atoms with Gasteiger partial charge in [0.1, 0.15) is 21.2 Å². The fourth-order valence-corrected chi connectivity index (χ4v) is 5.98. The molecule has 0 atom stereocenters. The van der Waals surface area contributed by atoms with E-state index in [0.717, 1.165) is 5.56 Å². The van der Waals surface area contributed by atoms with E-state index >= 15 is 0 Å². The quantitative estimate of drug-likeness (QED) is 0.316. The average molecular weight is 498 g/mol. The predicted molar refractivity (Wildman–Crippen MR) is 127 cm³/mol. The molecule has 0 unspecified atom stereocenters. The number of aryl methyl sites for hydroxylation is 1. The van der Waals surface area contributed by atoms with Crippen molar-refractivity contribution in [3.05, 3.63) is 90.2 Å². The van der Waals surface area contributed by atoms with Crippen LogP contribution in [0, 0.1) is 6.92 Å². The van der Waals surface area contributed by atoms with E-state index in [-0.39, 0.29) is 37.8 Å². The van der Waals surface area contributed by atoms with E-state index in [1.807, 2.05) is 26.8 Å². The third-order valence-electron chi connectivity index (χ3n) is 5.16. The summed E-state index contributed by atoms with van der Waals surface area (Å²) in [5.74, 6) is 0.0235. The molecule has 0 bridgehead atoms. The molecule has 0 aliphatic rings. The van der Waals surface area contributed by atoms with E-state index in [2.05, 4.69) is 5.16 Å². The van der Waals surface area contributed by atoms with Gasteiger partial charge in [0.15, 0.2) is 5.76 Å². The number of hydrogen-bond acceptors (Lipinski definition) is 7. The molecule has 1 aromatic heterocycles. The highest BCUT2D eigenvalue weighted by Gasteiger charge is 2.32. The van der Waals surface area contributed by atoms with Gasteiger partial charge in [0.05, 0.1) is 4.90 Å². The van der Waals surface area contributed by atoms with E-state index in [9.17, 15) is 16.8 Å². The molecule has 0 saturated carbocycles. The number of rotatable bonds is 7. The number of hydrogen-bond donors (Lipinski definition) is 0. The topological polar surface area (TPSA) is 104 Å². The van der Waals surface area contributed by atoms with Gasteiger partial charge in [0, 0.05) is 11.5 Å². The second kappa shape index (κ2) is 9.08. The molecule has 0 amide bonds. The van der Waals surface area contributed by atoms with Crippen molar-refractivity contribution in [1.82, 2.24) is 5.16 Å². The van der Waals surface area contributed by atoms with E-state index in [0.29, 0.717) is 5.56 Å². The van der Waals surface area contributed by atoms with Crippen molar-refractivity contribution < 1.29 is 25.5 Å². The number of benzene rings is 3. The summed E-state index contributed by atoms with van der Waals surface area (Å²) in [7, 11) is -8.09. The Balaban J connectivity index is 1.70. The summed E-state index contributed by atoms with van der Waals surface area (Å²) in [5, 5.41) is 4.05. The molecule has 0 saturated heterocycles. The first-order valence-corrected chi connectivity index (χ1v) is 13.4. The van der Waals surface area contributed by atoms with Gasteiger partial charge in [-0.25, -0.2) is 8.42 Å². The summed E-state index contributed by atoms with van der Waals surface area (Å²) in [6.07, 6.45) is 0. The lowest BCUT2D eigenvalue weighted by atomic mass is 10.1. The molecule has 0 aliphatic carbocycles. The second-order valence-electron chi connectivity index (χ2n) is 8.07. The van der Waals surface area contributed by atoms with Crippen LogP contribution in [0.3, 0.4) is 0 Å². The van der Waals surface area contributed by atoms with Crippen LogP contribution in [0.15, 0.2) is 98.1 Å². The van der Waals surface area contributed by atoms with E-state index in [1.165, 1.54) is 36.4 Å². The molecule has 0 N–H and O–H groups in total. The van der Waals surface area contributed by atoms with Crippen LogP contribution in [0.2, 0.25) is 0 Å². The molecular weight excluding hydrogens is 474 g/mol. The van der Waals surface area contributed by atoms with Crippen molar-refractivity contribution >= 4 is 20.0 Å². The van der Waals surface area contributed by atoms with Gasteiger partial charge >= 0.3 is 10.1 Å². The second-order valence-corrected chi connectivity index (χ2v) is 11.5. The normalized spacial score (nSPS) is 12.1. The Morgan fingerprint density at radius 1 is 0.794 bits per heavy atom. The highest BCUT2D eigenvalue weighted by molar-refractivity contribution is 7.91. The minimum Gasteiger partial charge on any atom is -0.379 e. The maximum atomic E-state index is 13.6. The van der Waals surface area contributed by atoms with Crippen LogP contribution in [-0.4, -0.2) is 22.0 Å². The van der Waals surface area contributed by atoms with E-state index < -0.39 is 20.0 Å². The molecule has 3 aromatic carbocycles. The Bertz CT molecular complexity index is 1500. The Kier molecular flexibility index (Phi) is 6.33. The summed E-state index contributed by atoms with van der Waals surface area (Å²) in [5.41, 5.74) is 1.75. The first-order chi connectivity index (χ1) is 16.1. The molecule has 1 heterocycles. The Hall–Kier alpha value is -3.43. The molecule has 0 fully saturated rings. The summed E-state index contributed by atoms with van der Waals surface area (Å²) in [6.45, 7) is 5.49. The maximum absolute atomic E-state index is 13.6. The van der Waals surface area contributed by atoms with Crippen LogP contribution >= 0.6 is 0 Å². The molecule has 4 rings (SSSR count). The van der Waals surface area contributed by atoms with Crippen LogP contribution in [0.5, 0.6) is 5.75 Å². The van der Waals surface area contributed by atoms with E-state index in [4.69, 9.17) is 8.71 Å². The largest absolute Gasteiger partial charge is 0.379 e. The van der Waals surface area contributed by atoms with Crippen molar-refractivity contribution in [1.29, 1.82) is 0 Å². The predicted octanol–water partition coefficient (Wildman–Crippen LogP) is 5.37. The van der Waals surface area contributed by atoms with Crippen LogP contribution < -0.4 is 4.18 Å². The molecule has 9 heteroatoms. The smallest absolute Gasteiger partial charge is 0.339 e. The molecule has 0 radical (unpaired) electrons. The minimum atomic E-state index is -4.06. The molecule has 34 heavy (non-hydrogen) atoms. The zero-order valence-corrected chi connectivity index (χ0v) is 20.4.